The maximum Gasteiger partial charge on any atom is 0.187 e. The number of aliphatic hydroxyl groups excluding tert-OH is 21. The van der Waals surface area contributed by atoms with Gasteiger partial charge in [-0.2, -0.15) is 0 Å². The molecule has 0 aliphatic carbocycles. The first-order chi connectivity index (χ1) is 37.7. The fraction of sp³-hybridized carbons (Fsp3) is 1.00. The Morgan fingerprint density at radius 2 is 0.278 bits per heavy atom. The molecule has 0 aromatic carbocycles. The van der Waals surface area contributed by atoms with Crippen LogP contribution < -0.4 is 0 Å². The second-order valence-electron chi connectivity index (χ2n) is 19.7. The van der Waals surface area contributed by atoms with Gasteiger partial charge in [-0.1, -0.05) is 0 Å². The Morgan fingerprint density at radius 1 is 0.177 bits per heavy atom. The van der Waals surface area contributed by atoms with E-state index < -0.39 is 261 Å². The lowest BCUT2D eigenvalue weighted by atomic mass is 9.95. The first kappa shape index (κ1) is 66.6. The molecule has 21 rings (SSSR count). The third-order valence-electron chi connectivity index (χ3n) is 14.8. The van der Waals surface area contributed by atoms with Gasteiger partial charge in [0.2, 0.25) is 0 Å². The van der Waals surface area contributed by atoms with Crippen molar-refractivity contribution in [1.29, 1.82) is 0 Å². The standard InChI is InChI=1S/C42H70O35.I2/c43-1-8-29-15(50)22(57)36(64-8)72-30-9(2-44)66-38(24(59)17(30)52)74-32-11(4-46)68-40(26(61)19(32)54)76-34-13(6-48)70-42(28(63)21(34)56)77-35-14(7-49)69-41(27(62)20(35)55)75-33-12(5-47)67-39(25(60)18(33)53)73-31-10(3-45)65-37(71-29)23(58)16(31)51;1-2/h8-63H,1-7H2;/t8-,9-,10-,11-,12-,13-,14+,15+,16+,17-,18+,19-,20-,21-,22+,23+,24-,25+,26-,27-,28-,29-,30-,31-,32-,33-,34-,35-,36-,37-,38-,39-,40-,41-,42-;/m1./s1. The minimum atomic E-state index is -2.21. The Bertz CT molecular complexity index is 1480. The molecule has 21 aliphatic rings. The van der Waals surface area contributed by atoms with E-state index in [0.29, 0.717) is 0 Å². The van der Waals surface area contributed by atoms with Crippen molar-refractivity contribution in [2.24, 2.45) is 0 Å². The van der Waals surface area contributed by atoms with Crippen LogP contribution in [0.3, 0.4) is 0 Å². The lowest BCUT2D eigenvalue weighted by Crippen LogP contribution is -2.68. The van der Waals surface area contributed by atoms with E-state index in [1.54, 1.807) is 0 Å². The van der Waals surface area contributed by atoms with Crippen molar-refractivity contribution >= 4 is 37.2 Å². The molecule has 35 nitrogen and oxygen atoms in total. The third kappa shape index (κ3) is 13.6. The fourth-order valence-electron chi connectivity index (χ4n) is 10.4. The molecule has 21 heterocycles. The summed E-state index contributed by atoms with van der Waals surface area (Å²) in [5.41, 5.74) is 0. The van der Waals surface area contributed by atoms with Gasteiger partial charge in [0.05, 0.1) is 46.2 Å². The number of ether oxygens (including phenoxy) is 14. The van der Waals surface area contributed by atoms with Crippen LogP contribution >= 0.6 is 37.2 Å². The largest absolute Gasteiger partial charge is 0.394 e. The van der Waals surface area contributed by atoms with E-state index in [2.05, 4.69) is 37.2 Å². The van der Waals surface area contributed by atoms with Gasteiger partial charge < -0.3 is 174 Å². The molecule has 21 N–H and O–H groups in total. The van der Waals surface area contributed by atoms with E-state index in [1.807, 2.05) is 0 Å². The molecule has 0 amide bonds. The molecular weight excluding hydrogens is 1320 g/mol. The number of halogens is 2. The SMILES string of the molecule is II.OC[C@@H]1O[C@@H]2O[C@H]3[C@@H](O)[C@H](O)[C@@H](O[C@H]4[C@@H](O)[C@H](O)[C@@H](O[C@H]5[C@@H](O)[C@H](O)[C@@H](O[C@H]6[C@H](O)[C@@H](O)[C@@H](O[C@H]7[C@H](O)[C@@H](O)[C@@H](O[C@H]8[C@H](O)[C@@H](O)[C@@H](O[C@H]1[C@H](O)[C@H]2O)O[C@@H]8CO)O[C@@H]7CO)O[C@@H]6CO)O[C@@H]5CO)O[C@@H]4CO)O[C@@H]3CO. The van der Waals surface area contributed by atoms with E-state index in [-0.39, 0.29) is 0 Å². The van der Waals surface area contributed by atoms with Gasteiger partial charge in [-0.25, -0.2) is 0 Å². The van der Waals surface area contributed by atoms with E-state index in [9.17, 15) is 107 Å². The van der Waals surface area contributed by atoms with Gasteiger partial charge in [0.1, 0.15) is 171 Å². The van der Waals surface area contributed by atoms with Crippen molar-refractivity contribution in [3.63, 3.8) is 0 Å². The monoisotopic (exact) mass is 1390 g/mol. The van der Waals surface area contributed by atoms with Crippen LogP contribution in [0.25, 0.3) is 0 Å². The maximum absolute atomic E-state index is 11.3. The van der Waals surface area contributed by atoms with Crippen molar-refractivity contribution in [3.05, 3.63) is 0 Å². The molecule has 14 bridgehead atoms. The summed E-state index contributed by atoms with van der Waals surface area (Å²) in [6.45, 7) is -7.33. The van der Waals surface area contributed by atoms with Crippen molar-refractivity contribution in [3.8, 4) is 0 Å². The van der Waals surface area contributed by atoms with E-state index in [1.165, 1.54) is 0 Å². The highest BCUT2D eigenvalue weighted by Gasteiger charge is 2.59. The summed E-state index contributed by atoms with van der Waals surface area (Å²) in [5, 5.41) is 230. The molecule has 0 radical (unpaired) electrons. The summed E-state index contributed by atoms with van der Waals surface area (Å²) in [7, 11) is 0. The maximum atomic E-state index is 11.3. The molecule has 21 fully saturated rings. The molecule has 79 heavy (non-hydrogen) atoms. The van der Waals surface area contributed by atoms with Crippen LogP contribution in [0.1, 0.15) is 0 Å². The molecule has 21 saturated heterocycles. The molecular formula is C42H70I2O35. The van der Waals surface area contributed by atoms with Crippen LogP contribution in [-0.4, -0.2) is 368 Å². The second kappa shape index (κ2) is 29.2. The molecule has 0 saturated carbocycles. The van der Waals surface area contributed by atoms with Crippen LogP contribution in [-0.2, 0) is 66.3 Å². The Kier molecular flexibility index (Phi) is 24.6. The van der Waals surface area contributed by atoms with Gasteiger partial charge >= 0.3 is 0 Å². The van der Waals surface area contributed by atoms with Crippen molar-refractivity contribution in [1.82, 2.24) is 0 Å². The summed E-state index contributed by atoms with van der Waals surface area (Å²) < 4.78 is 79.5. The summed E-state index contributed by atoms with van der Waals surface area (Å²) in [5.74, 6) is 0. The Labute approximate surface area is 469 Å². The first-order valence-corrected chi connectivity index (χ1v) is 31.0. The minimum absolute atomic E-state index is 1.05. The molecule has 0 aromatic rings. The summed E-state index contributed by atoms with van der Waals surface area (Å²) >= 11 is 4.24. The lowest BCUT2D eigenvalue weighted by molar-refractivity contribution is -0.396. The van der Waals surface area contributed by atoms with Gasteiger partial charge in [-0.05, 0) is 0 Å². The van der Waals surface area contributed by atoms with Crippen LogP contribution in [0.4, 0.5) is 0 Å². The topological polar surface area (TPSA) is 554 Å². The van der Waals surface area contributed by atoms with Crippen molar-refractivity contribution in [2.75, 3.05) is 46.2 Å². The Morgan fingerprint density at radius 3 is 0.367 bits per heavy atom. The van der Waals surface area contributed by atoms with Gasteiger partial charge in [0.25, 0.3) is 0 Å². The highest BCUT2D eigenvalue weighted by Crippen LogP contribution is 2.39. The molecule has 0 spiro atoms. The summed E-state index contributed by atoms with van der Waals surface area (Å²) in [6.07, 6.45) is -70.2. The third-order valence-corrected chi connectivity index (χ3v) is 14.8. The van der Waals surface area contributed by atoms with Gasteiger partial charge in [0.15, 0.2) is 44.0 Å². The fourth-order valence-corrected chi connectivity index (χ4v) is 10.4. The average Bonchev–Trinajstić information content (AvgIpc) is 3.47. The smallest absolute Gasteiger partial charge is 0.187 e. The number of aliphatic hydroxyl groups is 21. The second-order valence-corrected chi connectivity index (χ2v) is 19.7. The highest BCUT2D eigenvalue weighted by atomic mass is 128. The van der Waals surface area contributed by atoms with Crippen LogP contribution in [0.5, 0.6) is 0 Å². The van der Waals surface area contributed by atoms with E-state index in [4.69, 9.17) is 66.3 Å². The van der Waals surface area contributed by atoms with Crippen molar-refractivity contribution in [2.45, 2.75) is 215 Å². The number of hydrogen-bond acceptors (Lipinski definition) is 35. The van der Waals surface area contributed by atoms with E-state index >= 15 is 0 Å². The Hall–Kier alpha value is 0.0600. The molecule has 35 atom stereocenters. The molecule has 0 unspecified atom stereocenters. The van der Waals surface area contributed by atoms with Gasteiger partial charge in [0, 0.05) is 37.2 Å². The quantitative estimate of drug-likeness (QED) is 0.105. The zero-order chi connectivity index (χ0) is 58.1. The zero-order valence-corrected chi connectivity index (χ0v) is 45.3. The van der Waals surface area contributed by atoms with Crippen LogP contribution in [0.15, 0.2) is 0 Å². The van der Waals surface area contributed by atoms with E-state index in [0.717, 1.165) is 0 Å². The van der Waals surface area contributed by atoms with Gasteiger partial charge in [-0.15, -0.1) is 0 Å². The van der Waals surface area contributed by atoms with Crippen LogP contribution in [0, 0.1) is 0 Å². The van der Waals surface area contributed by atoms with Crippen LogP contribution in [0.2, 0.25) is 0 Å². The average molecular weight is 1390 g/mol. The number of rotatable bonds is 7. The first-order valence-electron chi connectivity index (χ1n) is 24.8. The minimum Gasteiger partial charge on any atom is -0.394 e. The highest BCUT2D eigenvalue weighted by molar-refractivity contribution is 15.0. The lowest BCUT2D eigenvalue weighted by Gasteiger charge is -2.50. The zero-order valence-electron chi connectivity index (χ0n) is 41.0. The predicted molar refractivity (Wildman–Crippen MR) is 256 cm³/mol. The summed E-state index contributed by atoms with van der Waals surface area (Å²) in [6, 6.07) is 0. The summed E-state index contributed by atoms with van der Waals surface area (Å²) in [4.78, 5) is 0. The molecule has 0 aromatic heterocycles. The predicted octanol–water partition coefficient (Wildman–Crippen LogP) is -13.5. The molecule has 462 valence electrons. The molecule has 21 aliphatic heterocycles. The molecule has 37 heteroatoms. The van der Waals surface area contributed by atoms with Gasteiger partial charge in [-0.3, -0.25) is 0 Å². The Balaban J connectivity index is 0.00000446. The van der Waals surface area contributed by atoms with Crippen molar-refractivity contribution < 1.29 is 174 Å². The normalized spacial score (nSPS) is 54.0. The number of hydrogen-bond donors (Lipinski definition) is 21.